The molecule has 1 aromatic rings. The van der Waals surface area contributed by atoms with Crippen LogP contribution in [0.25, 0.3) is 0 Å². The lowest BCUT2D eigenvalue weighted by Gasteiger charge is -2.20. The zero-order chi connectivity index (χ0) is 13.6. The average Bonchev–Trinajstić information content (AvgIpc) is 2.64. The molecule has 0 aliphatic carbocycles. The topological polar surface area (TPSA) is 64.6 Å². The van der Waals surface area contributed by atoms with E-state index in [0.29, 0.717) is 23.5 Å². The first-order valence-electron chi connectivity index (χ1n) is 5.77. The minimum atomic E-state index is -3.48. The summed E-state index contributed by atoms with van der Waals surface area (Å²) in [5, 5.41) is 0. The molecule has 1 N–H and O–H groups in total. The predicted octanol–water partition coefficient (Wildman–Crippen LogP) is 1.80. The maximum atomic E-state index is 11.8. The second-order valence-corrected chi connectivity index (χ2v) is 6.32. The van der Waals surface area contributed by atoms with Gasteiger partial charge in [0.15, 0.2) is 11.5 Å². The van der Waals surface area contributed by atoms with Crippen molar-refractivity contribution in [3.63, 3.8) is 0 Å². The van der Waals surface area contributed by atoms with Crippen LogP contribution in [0.5, 0.6) is 11.5 Å². The van der Waals surface area contributed by atoms with Crippen LogP contribution in [0.2, 0.25) is 0 Å². The Hall–Kier alpha value is -1.27. The fourth-order valence-electron chi connectivity index (χ4n) is 1.83. The number of sulfonamides is 1. The molecule has 1 unspecified atom stereocenters. The van der Waals surface area contributed by atoms with E-state index in [9.17, 15) is 8.42 Å². The third kappa shape index (κ3) is 2.06. The van der Waals surface area contributed by atoms with Crippen molar-refractivity contribution in [1.82, 2.24) is 4.72 Å². The van der Waals surface area contributed by atoms with Crippen LogP contribution in [0.15, 0.2) is 17.0 Å². The first kappa shape index (κ1) is 13.2. The Morgan fingerprint density at radius 2 is 1.83 bits per heavy atom. The molecule has 0 bridgehead atoms. The van der Waals surface area contributed by atoms with E-state index in [0.717, 1.165) is 0 Å². The van der Waals surface area contributed by atoms with Crippen LogP contribution in [0, 0.1) is 6.92 Å². The molecule has 18 heavy (non-hydrogen) atoms. The summed E-state index contributed by atoms with van der Waals surface area (Å²) in [6.07, 6.45) is 0.675. The number of aryl methyl sites for hydroxylation is 1. The fourth-order valence-corrected chi connectivity index (χ4v) is 2.80. The van der Waals surface area contributed by atoms with Crippen molar-refractivity contribution in [2.24, 2.45) is 0 Å². The third-order valence-corrected chi connectivity index (χ3v) is 4.65. The molecule has 0 fully saturated rings. The van der Waals surface area contributed by atoms with Gasteiger partial charge < -0.3 is 9.47 Å². The van der Waals surface area contributed by atoms with E-state index in [1.165, 1.54) is 13.1 Å². The van der Waals surface area contributed by atoms with Gasteiger partial charge in [-0.05, 0) is 25.6 Å². The summed E-state index contributed by atoms with van der Waals surface area (Å²) in [6.45, 7) is 5.51. The number of fused-ring (bicyclic) bond motifs is 1. The Kier molecular flexibility index (Phi) is 3.03. The maximum absolute atomic E-state index is 11.8. The van der Waals surface area contributed by atoms with Gasteiger partial charge in [-0.1, -0.05) is 6.92 Å². The van der Waals surface area contributed by atoms with E-state index < -0.39 is 15.8 Å². The summed E-state index contributed by atoms with van der Waals surface area (Å²) in [5.74, 6) is 0.349. The van der Waals surface area contributed by atoms with Gasteiger partial charge in [-0.15, -0.1) is 0 Å². The zero-order valence-electron chi connectivity index (χ0n) is 10.9. The minimum absolute atomic E-state index is 0.215. The Bertz CT molecular complexity index is 582. The zero-order valence-corrected chi connectivity index (χ0v) is 11.7. The largest absolute Gasteiger partial charge is 0.449 e. The first-order valence-corrected chi connectivity index (χ1v) is 7.26. The lowest BCUT2D eigenvalue weighted by atomic mass is 10.2. The molecule has 2 rings (SSSR count). The average molecular weight is 271 g/mol. The van der Waals surface area contributed by atoms with Crippen molar-refractivity contribution in [2.45, 2.75) is 37.9 Å². The number of benzene rings is 1. The lowest BCUT2D eigenvalue weighted by molar-refractivity contribution is -0.0640. The lowest BCUT2D eigenvalue weighted by Crippen LogP contribution is -2.33. The van der Waals surface area contributed by atoms with Gasteiger partial charge in [0.1, 0.15) is 0 Å². The fraction of sp³-hybridized carbons (Fsp3) is 0.500. The van der Waals surface area contributed by atoms with E-state index in [2.05, 4.69) is 4.72 Å². The summed E-state index contributed by atoms with van der Waals surface area (Å²) >= 11 is 0. The molecule has 1 aliphatic rings. The number of nitrogens with one attached hydrogen (secondary N) is 1. The molecule has 0 radical (unpaired) electrons. The SMILES string of the molecule is CCC1(C)Oc2cc(C)c(S(=O)(=O)NC)cc2O1. The van der Waals surface area contributed by atoms with Crippen LogP contribution < -0.4 is 14.2 Å². The van der Waals surface area contributed by atoms with Crippen LogP contribution in [-0.2, 0) is 10.0 Å². The Morgan fingerprint density at radius 3 is 2.33 bits per heavy atom. The van der Waals surface area contributed by atoms with E-state index in [1.54, 1.807) is 13.0 Å². The van der Waals surface area contributed by atoms with Crippen LogP contribution in [-0.4, -0.2) is 21.3 Å². The Morgan fingerprint density at radius 1 is 1.28 bits per heavy atom. The van der Waals surface area contributed by atoms with Gasteiger partial charge in [-0.3, -0.25) is 0 Å². The number of rotatable bonds is 3. The Balaban J connectivity index is 2.51. The van der Waals surface area contributed by atoms with Crippen molar-refractivity contribution >= 4 is 10.0 Å². The Labute approximate surface area is 107 Å². The highest BCUT2D eigenvalue weighted by molar-refractivity contribution is 7.89. The van der Waals surface area contributed by atoms with Crippen molar-refractivity contribution in [1.29, 1.82) is 0 Å². The molecule has 0 aromatic heterocycles. The third-order valence-electron chi connectivity index (χ3n) is 3.09. The van der Waals surface area contributed by atoms with Crippen molar-refractivity contribution in [3.8, 4) is 11.5 Å². The monoisotopic (exact) mass is 271 g/mol. The van der Waals surface area contributed by atoms with Crippen molar-refractivity contribution < 1.29 is 17.9 Å². The summed E-state index contributed by atoms with van der Waals surface area (Å²) in [7, 11) is -2.10. The smallest absolute Gasteiger partial charge is 0.248 e. The number of ether oxygens (including phenoxy) is 2. The van der Waals surface area contributed by atoms with Gasteiger partial charge in [0.05, 0.1) is 4.90 Å². The molecule has 1 aromatic carbocycles. The van der Waals surface area contributed by atoms with Crippen LogP contribution in [0.1, 0.15) is 25.8 Å². The highest BCUT2D eigenvalue weighted by Crippen LogP contribution is 2.42. The summed E-state index contributed by atoms with van der Waals surface area (Å²) in [6, 6.07) is 3.21. The summed E-state index contributed by atoms with van der Waals surface area (Å²) in [4.78, 5) is 0.215. The molecular formula is C12H17NO4S. The van der Waals surface area contributed by atoms with Crippen molar-refractivity contribution in [2.75, 3.05) is 7.05 Å². The number of hydrogen-bond donors (Lipinski definition) is 1. The van der Waals surface area contributed by atoms with Gasteiger partial charge in [0.25, 0.3) is 0 Å². The van der Waals surface area contributed by atoms with Crippen molar-refractivity contribution in [3.05, 3.63) is 17.7 Å². The molecule has 0 spiro atoms. The summed E-state index contributed by atoms with van der Waals surface area (Å²) in [5.41, 5.74) is 0.632. The van der Waals surface area contributed by atoms with Gasteiger partial charge in [0, 0.05) is 19.4 Å². The quantitative estimate of drug-likeness (QED) is 0.910. The van der Waals surface area contributed by atoms with Gasteiger partial charge in [-0.25, -0.2) is 13.1 Å². The second kappa shape index (κ2) is 4.13. The molecule has 5 nitrogen and oxygen atoms in total. The van der Waals surface area contributed by atoms with Crippen LogP contribution >= 0.6 is 0 Å². The molecule has 1 atom stereocenters. The molecule has 1 heterocycles. The predicted molar refractivity (Wildman–Crippen MR) is 67.4 cm³/mol. The van der Waals surface area contributed by atoms with E-state index in [-0.39, 0.29) is 4.90 Å². The van der Waals surface area contributed by atoms with Crippen LogP contribution in [0.4, 0.5) is 0 Å². The van der Waals surface area contributed by atoms with E-state index in [4.69, 9.17) is 9.47 Å². The van der Waals surface area contributed by atoms with Crippen LogP contribution in [0.3, 0.4) is 0 Å². The molecule has 0 saturated carbocycles. The van der Waals surface area contributed by atoms with Gasteiger partial charge >= 0.3 is 0 Å². The van der Waals surface area contributed by atoms with E-state index in [1.807, 2.05) is 13.8 Å². The number of hydrogen-bond acceptors (Lipinski definition) is 4. The molecule has 100 valence electrons. The molecular weight excluding hydrogens is 254 g/mol. The van der Waals surface area contributed by atoms with Gasteiger partial charge in [-0.2, -0.15) is 0 Å². The van der Waals surface area contributed by atoms with E-state index >= 15 is 0 Å². The normalized spacial score (nSPS) is 22.2. The molecule has 6 heteroatoms. The summed E-state index contributed by atoms with van der Waals surface area (Å²) < 4.78 is 37.3. The second-order valence-electron chi connectivity index (χ2n) is 4.46. The molecule has 1 aliphatic heterocycles. The molecule has 0 amide bonds. The first-order chi connectivity index (χ1) is 8.31. The maximum Gasteiger partial charge on any atom is 0.248 e. The standard InChI is InChI=1S/C12H17NO4S/c1-5-12(3)16-9-6-8(2)11(7-10(9)17-12)18(14,15)13-4/h6-7,13H,5H2,1-4H3. The van der Waals surface area contributed by atoms with Gasteiger partial charge in [0.2, 0.25) is 15.8 Å². The minimum Gasteiger partial charge on any atom is -0.449 e. The molecule has 0 saturated heterocycles. The highest BCUT2D eigenvalue weighted by Gasteiger charge is 2.36. The highest BCUT2D eigenvalue weighted by atomic mass is 32.2.